The van der Waals surface area contributed by atoms with Gasteiger partial charge in [-0.05, 0) is 31.4 Å². The molecule has 1 aromatic carbocycles. The summed E-state index contributed by atoms with van der Waals surface area (Å²) in [6.07, 6.45) is 0.556. The molecule has 6 heteroatoms. The van der Waals surface area contributed by atoms with Gasteiger partial charge in [-0.15, -0.1) is 0 Å². The SMILES string of the molecule is CCCCOC(=O)OOOC(=O)c1c(C)cccc1C. The highest BCUT2D eigenvalue weighted by Crippen LogP contribution is 2.14. The van der Waals surface area contributed by atoms with Crippen LogP contribution in [-0.2, 0) is 19.6 Å². The van der Waals surface area contributed by atoms with Crippen LogP contribution in [0.25, 0.3) is 0 Å². The first kappa shape index (κ1) is 16.0. The highest BCUT2D eigenvalue weighted by Gasteiger charge is 2.16. The summed E-state index contributed by atoms with van der Waals surface area (Å²) in [7, 11) is 0. The van der Waals surface area contributed by atoms with Crippen LogP contribution in [0.3, 0.4) is 0 Å². The predicted octanol–water partition coefficient (Wildman–Crippen LogP) is 3.26. The third-order valence-corrected chi connectivity index (χ3v) is 2.61. The third kappa shape index (κ3) is 4.89. The molecule has 20 heavy (non-hydrogen) atoms. The molecule has 6 nitrogen and oxygen atoms in total. The second kappa shape index (κ2) is 8.16. The van der Waals surface area contributed by atoms with Gasteiger partial charge >= 0.3 is 12.1 Å². The Hall–Kier alpha value is -2.08. The van der Waals surface area contributed by atoms with E-state index in [0.29, 0.717) is 5.56 Å². The Morgan fingerprint density at radius 1 is 1.10 bits per heavy atom. The van der Waals surface area contributed by atoms with Gasteiger partial charge in [0.05, 0.1) is 17.2 Å². The van der Waals surface area contributed by atoms with Crippen molar-refractivity contribution < 1.29 is 29.1 Å². The van der Waals surface area contributed by atoms with Crippen molar-refractivity contribution in [3.63, 3.8) is 0 Å². The Morgan fingerprint density at radius 2 is 1.75 bits per heavy atom. The smallest absolute Gasteiger partial charge is 0.432 e. The molecular formula is C14H18O6. The van der Waals surface area contributed by atoms with E-state index in [9.17, 15) is 9.59 Å². The summed E-state index contributed by atoms with van der Waals surface area (Å²) in [4.78, 5) is 31.3. The lowest BCUT2D eigenvalue weighted by molar-refractivity contribution is -0.452. The first-order chi connectivity index (χ1) is 9.56. The molecule has 0 heterocycles. The van der Waals surface area contributed by atoms with Gasteiger partial charge in [0.15, 0.2) is 0 Å². The summed E-state index contributed by atoms with van der Waals surface area (Å²) in [5, 5.41) is 4.13. The highest BCUT2D eigenvalue weighted by molar-refractivity contribution is 5.92. The largest absolute Gasteiger partial charge is 0.543 e. The molecule has 0 fully saturated rings. The lowest BCUT2D eigenvalue weighted by atomic mass is 10.0. The zero-order chi connectivity index (χ0) is 15.0. The van der Waals surface area contributed by atoms with Crippen molar-refractivity contribution in [2.75, 3.05) is 6.61 Å². The maximum Gasteiger partial charge on any atom is 0.543 e. The Kier molecular flexibility index (Phi) is 6.52. The molecule has 1 aromatic rings. The van der Waals surface area contributed by atoms with Crippen LogP contribution in [-0.4, -0.2) is 18.7 Å². The predicted molar refractivity (Wildman–Crippen MR) is 69.8 cm³/mol. The Bertz CT molecular complexity index is 448. The minimum atomic E-state index is -1.05. The lowest BCUT2D eigenvalue weighted by Crippen LogP contribution is -2.14. The average molecular weight is 282 g/mol. The number of ether oxygens (including phenoxy) is 1. The molecule has 0 spiro atoms. The van der Waals surface area contributed by atoms with Gasteiger partial charge in [-0.3, -0.25) is 4.89 Å². The monoisotopic (exact) mass is 282 g/mol. The molecule has 0 N–H and O–H groups in total. The number of aryl methyl sites for hydroxylation is 2. The highest BCUT2D eigenvalue weighted by atomic mass is 17.5. The number of benzene rings is 1. The minimum absolute atomic E-state index is 0.226. The quantitative estimate of drug-likeness (QED) is 0.345. The third-order valence-electron chi connectivity index (χ3n) is 2.61. The van der Waals surface area contributed by atoms with E-state index in [1.165, 1.54) is 0 Å². The number of unbranched alkanes of at least 4 members (excludes halogenated alkanes) is 1. The van der Waals surface area contributed by atoms with Gasteiger partial charge in [0.1, 0.15) is 0 Å². The number of rotatable bonds is 6. The molecule has 0 amide bonds. The van der Waals surface area contributed by atoms with E-state index in [1.807, 2.05) is 13.0 Å². The molecule has 0 aliphatic heterocycles. The minimum Gasteiger partial charge on any atom is -0.432 e. The molecule has 0 atom stereocenters. The second-order valence-electron chi connectivity index (χ2n) is 4.24. The summed E-state index contributed by atoms with van der Waals surface area (Å²) in [5.74, 6) is -0.734. The van der Waals surface area contributed by atoms with Gasteiger partial charge in [0.2, 0.25) is 0 Å². The van der Waals surface area contributed by atoms with Crippen molar-refractivity contribution in [1.82, 2.24) is 0 Å². The zero-order valence-corrected chi connectivity index (χ0v) is 11.8. The Labute approximate surface area is 117 Å². The van der Waals surface area contributed by atoms with E-state index in [0.717, 1.165) is 24.0 Å². The molecule has 1 rings (SSSR count). The number of carbonyl (C=O) groups is 2. The standard InChI is InChI=1S/C14H18O6/c1-4-5-9-17-14(16)19-20-18-13(15)12-10(2)7-6-8-11(12)3/h6-8H,4-5,9H2,1-3H3. The van der Waals surface area contributed by atoms with Crippen molar-refractivity contribution in [3.05, 3.63) is 34.9 Å². The first-order valence-corrected chi connectivity index (χ1v) is 6.34. The Morgan fingerprint density at radius 3 is 2.35 bits per heavy atom. The van der Waals surface area contributed by atoms with Gasteiger partial charge in [-0.25, -0.2) is 14.5 Å². The normalized spacial score (nSPS) is 9.95. The molecule has 0 bridgehead atoms. The average Bonchev–Trinajstić information content (AvgIpc) is 2.39. The van der Waals surface area contributed by atoms with Crippen LogP contribution in [0.2, 0.25) is 0 Å². The first-order valence-electron chi connectivity index (χ1n) is 6.34. The fourth-order valence-electron chi connectivity index (χ4n) is 1.58. The van der Waals surface area contributed by atoms with Crippen LogP contribution in [0.5, 0.6) is 0 Å². The Balaban J connectivity index is 2.39. The molecule has 0 unspecified atom stereocenters. The topological polar surface area (TPSA) is 71.1 Å². The van der Waals surface area contributed by atoms with Crippen molar-refractivity contribution in [2.45, 2.75) is 33.6 Å². The maximum absolute atomic E-state index is 11.7. The maximum atomic E-state index is 11.7. The van der Waals surface area contributed by atoms with Gasteiger partial charge in [-0.1, -0.05) is 31.5 Å². The summed E-state index contributed by atoms with van der Waals surface area (Å²) in [6, 6.07) is 5.36. The van der Waals surface area contributed by atoms with E-state index in [2.05, 4.69) is 19.6 Å². The fraction of sp³-hybridized carbons (Fsp3) is 0.429. The van der Waals surface area contributed by atoms with Crippen LogP contribution in [0.4, 0.5) is 4.79 Å². The van der Waals surface area contributed by atoms with Crippen LogP contribution in [0, 0.1) is 13.8 Å². The molecule has 0 radical (unpaired) electrons. The number of hydrogen-bond donors (Lipinski definition) is 0. The van der Waals surface area contributed by atoms with Crippen molar-refractivity contribution >= 4 is 12.1 Å². The van der Waals surface area contributed by atoms with Gasteiger partial charge in [0.25, 0.3) is 0 Å². The van der Waals surface area contributed by atoms with Crippen LogP contribution in [0.15, 0.2) is 18.2 Å². The summed E-state index contributed by atoms with van der Waals surface area (Å²) >= 11 is 0. The molecule has 0 saturated heterocycles. The second-order valence-corrected chi connectivity index (χ2v) is 4.24. The van der Waals surface area contributed by atoms with Crippen LogP contribution >= 0.6 is 0 Å². The van der Waals surface area contributed by atoms with E-state index in [4.69, 9.17) is 0 Å². The van der Waals surface area contributed by atoms with Crippen molar-refractivity contribution in [1.29, 1.82) is 0 Å². The molecule has 0 aliphatic carbocycles. The van der Waals surface area contributed by atoms with Crippen LogP contribution in [0.1, 0.15) is 41.3 Å². The van der Waals surface area contributed by atoms with Gasteiger partial charge in [0, 0.05) is 0 Å². The molecule has 110 valence electrons. The summed E-state index contributed by atoms with van der Waals surface area (Å²) in [6.45, 7) is 5.72. The van der Waals surface area contributed by atoms with Crippen molar-refractivity contribution in [2.24, 2.45) is 0 Å². The molecule has 0 aliphatic rings. The van der Waals surface area contributed by atoms with E-state index in [1.54, 1.807) is 26.0 Å². The molecule has 0 aromatic heterocycles. The van der Waals surface area contributed by atoms with Gasteiger partial charge < -0.3 is 4.74 Å². The lowest BCUT2D eigenvalue weighted by Gasteiger charge is -2.07. The molecular weight excluding hydrogens is 264 g/mol. The van der Waals surface area contributed by atoms with Gasteiger partial charge in [-0.2, -0.15) is 0 Å². The van der Waals surface area contributed by atoms with Crippen LogP contribution < -0.4 is 0 Å². The number of hydrogen-bond acceptors (Lipinski definition) is 6. The van der Waals surface area contributed by atoms with E-state index >= 15 is 0 Å². The zero-order valence-electron chi connectivity index (χ0n) is 11.8. The van der Waals surface area contributed by atoms with E-state index < -0.39 is 12.1 Å². The summed E-state index contributed by atoms with van der Waals surface area (Å²) in [5.41, 5.74) is 1.85. The summed E-state index contributed by atoms with van der Waals surface area (Å²) < 4.78 is 4.64. The fourth-order valence-corrected chi connectivity index (χ4v) is 1.58. The molecule has 0 saturated carbocycles. The van der Waals surface area contributed by atoms with Crippen molar-refractivity contribution in [3.8, 4) is 0 Å². The number of carbonyl (C=O) groups excluding carboxylic acids is 2. The van der Waals surface area contributed by atoms with E-state index in [-0.39, 0.29) is 6.61 Å².